The van der Waals surface area contributed by atoms with Crippen molar-refractivity contribution < 1.29 is 33.7 Å². The molecule has 1 unspecified atom stereocenters. The lowest BCUT2D eigenvalue weighted by Crippen LogP contribution is -2.43. The van der Waals surface area contributed by atoms with Crippen LogP contribution in [0.5, 0.6) is 5.88 Å². The predicted molar refractivity (Wildman–Crippen MR) is 107 cm³/mol. The van der Waals surface area contributed by atoms with Crippen LogP contribution >= 0.6 is 0 Å². The van der Waals surface area contributed by atoms with Crippen LogP contribution in [0.2, 0.25) is 0 Å². The largest absolute Gasteiger partial charge is 0.483 e. The average molecular weight is 440 g/mol. The number of nitrogens with zero attached hydrogens (tertiary/aromatic N) is 4. The number of esters is 1. The van der Waals surface area contributed by atoms with E-state index in [4.69, 9.17) is 19.4 Å². The molecule has 0 bridgehead atoms. The van der Waals surface area contributed by atoms with E-state index in [9.17, 15) is 14.3 Å². The van der Waals surface area contributed by atoms with E-state index < -0.39 is 11.2 Å². The van der Waals surface area contributed by atoms with Gasteiger partial charge in [-0.2, -0.15) is 9.37 Å². The van der Waals surface area contributed by atoms with Crippen molar-refractivity contribution in [2.24, 2.45) is 5.41 Å². The highest BCUT2D eigenvalue weighted by Crippen LogP contribution is 2.43. The number of hydrogen-bond donors (Lipinski definition) is 2. The zero-order valence-corrected chi connectivity index (χ0v) is 17.6. The van der Waals surface area contributed by atoms with Crippen molar-refractivity contribution in [2.75, 3.05) is 44.7 Å². The second-order valence-electron chi connectivity index (χ2n) is 8.16. The number of carbonyl (C=O) groups excluding carboxylic acids is 1. The van der Waals surface area contributed by atoms with Gasteiger partial charge in [-0.15, -0.1) is 0 Å². The third-order valence-corrected chi connectivity index (χ3v) is 6.24. The summed E-state index contributed by atoms with van der Waals surface area (Å²) < 4.78 is 24.2. The molecule has 3 fully saturated rings. The summed E-state index contributed by atoms with van der Waals surface area (Å²) in [6.07, 6.45) is 4.45. The Morgan fingerprint density at radius 2 is 1.97 bits per heavy atom. The third kappa shape index (κ3) is 5.40. The maximum atomic E-state index is 13.5. The number of cyclic esters (lactones) is 1. The minimum Gasteiger partial charge on any atom is -0.483 e. The van der Waals surface area contributed by atoms with Crippen molar-refractivity contribution in [2.45, 2.75) is 44.3 Å². The number of ether oxygens (including phenoxy) is 2. The first-order valence-corrected chi connectivity index (χ1v) is 10.4. The summed E-state index contributed by atoms with van der Waals surface area (Å²) in [4.78, 5) is 33.4. The summed E-state index contributed by atoms with van der Waals surface area (Å²) in [5.41, 5.74) is -0.444. The molecule has 31 heavy (non-hydrogen) atoms. The van der Waals surface area contributed by atoms with E-state index >= 15 is 0 Å². The van der Waals surface area contributed by atoms with Gasteiger partial charge < -0.3 is 24.6 Å². The van der Waals surface area contributed by atoms with Crippen molar-refractivity contribution in [1.29, 1.82) is 0 Å². The van der Waals surface area contributed by atoms with Crippen molar-refractivity contribution in [3.8, 4) is 5.88 Å². The number of carbonyl (C=O) groups is 2. The number of piperidine rings is 2. The summed E-state index contributed by atoms with van der Waals surface area (Å²) in [5, 5.41) is 16.5. The van der Waals surface area contributed by atoms with Crippen LogP contribution in [0.25, 0.3) is 0 Å². The second-order valence-corrected chi connectivity index (χ2v) is 8.16. The quantitative estimate of drug-likeness (QED) is 0.510. The molecule has 0 aromatic carbocycles. The van der Waals surface area contributed by atoms with Crippen LogP contribution in [-0.4, -0.2) is 89.6 Å². The van der Waals surface area contributed by atoms with Gasteiger partial charge in [-0.05, 0) is 25.7 Å². The van der Waals surface area contributed by atoms with Crippen molar-refractivity contribution in [3.63, 3.8) is 0 Å². The van der Waals surface area contributed by atoms with Gasteiger partial charge in [0.25, 0.3) is 12.4 Å². The molecule has 1 aromatic heterocycles. The number of methoxy groups -OCH3 is 1. The van der Waals surface area contributed by atoms with Gasteiger partial charge in [0.15, 0.2) is 0 Å². The van der Waals surface area contributed by atoms with Crippen LogP contribution in [0, 0.1) is 11.2 Å². The number of likely N-dealkylation sites (tertiary alicyclic amines) is 1. The SMILES string of the molecule is COc1nc(N2CCC3(CC2)CC(CN2CCC(O)CC2)OC3=O)ncc1F.O=CO. The molecule has 0 saturated carbocycles. The van der Waals surface area contributed by atoms with E-state index in [0.29, 0.717) is 31.9 Å². The predicted octanol–water partition coefficient (Wildman–Crippen LogP) is 0.684. The Kier molecular flexibility index (Phi) is 7.60. The molecule has 1 atom stereocenters. The summed E-state index contributed by atoms with van der Waals surface area (Å²) in [6, 6.07) is 0. The van der Waals surface area contributed by atoms with E-state index in [1.165, 1.54) is 7.11 Å². The number of halogens is 1. The minimum atomic E-state index is -0.591. The molecule has 0 radical (unpaired) electrons. The molecule has 3 aliphatic rings. The van der Waals surface area contributed by atoms with Gasteiger partial charge in [-0.3, -0.25) is 14.5 Å². The van der Waals surface area contributed by atoms with Crippen molar-refractivity contribution in [3.05, 3.63) is 12.0 Å². The number of rotatable bonds is 4. The highest BCUT2D eigenvalue weighted by molar-refractivity contribution is 5.79. The standard InChI is InChI=1S/C19H27FN4O4.CH2O2/c1-27-16-15(20)11-21-18(22-16)24-8-4-19(5-9-24)10-14(28-17(19)26)12-23-6-2-13(25)3-7-23;2-1-3/h11,13-14,25H,2-10,12H2,1H3;1H,(H,2,3). The van der Waals surface area contributed by atoms with Crippen molar-refractivity contribution in [1.82, 2.24) is 14.9 Å². The lowest BCUT2D eigenvalue weighted by molar-refractivity contribution is -0.150. The Labute approximate surface area is 180 Å². The summed E-state index contributed by atoms with van der Waals surface area (Å²) in [5.74, 6) is -0.348. The maximum absolute atomic E-state index is 13.5. The number of aromatic nitrogens is 2. The average Bonchev–Trinajstić information content (AvgIpc) is 3.05. The fraction of sp³-hybridized carbons (Fsp3) is 0.700. The molecule has 3 saturated heterocycles. The molecular weight excluding hydrogens is 411 g/mol. The summed E-state index contributed by atoms with van der Waals surface area (Å²) >= 11 is 0. The van der Waals surface area contributed by atoms with Crippen LogP contribution in [0.3, 0.4) is 0 Å². The molecule has 0 amide bonds. The smallest absolute Gasteiger partial charge is 0.312 e. The molecule has 1 spiro atoms. The Hall–Kier alpha value is -2.53. The van der Waals surface area contributed by atoms with Crippen LogP contribution in [0.15, 0.2) is 6.20 Å². The maximum Gasteiger partial charge on any atom is 0.312 e. The monoisotopic (exact) mass is 440 g/mol. The first-order valence-electron chi connectivity index (χ1n) is 10.4. The molecule has 172 valence electrons. The Morgan fingerprint density at radius 1 is 1.32 bits per heavy atom. The molecule has 0 aliphatic carbocycles. The first-order chi connectivity index (χ1) is 14.9. The zero-order valence-electron chi connectivity index (χ0n) is 17.6. The minimum absolute atomic E-state index is 0.0720. The molecule has 11 heteroatoms. The number of aliphatic hydroxyl groups is 1. The van der Waals surface area contributed by atoms with Crippen LogP contribution < -0.4 is 9.64 Å². The normalized spacial score (nSPS) is 23.8. The number of carboxylic acid groups (broad SMARTS) is 1. The van der Waals surface area contributed by atoms with Gasteiger partial charge in [0, 0.05) is 39.1 Å². The highest BCUT2D eigenvalue weighted by atomic mass is 19.1. The summed E-state index contributed by atoms with van der Waals surface area (Å²) in [7, 11) is 1.37. The van der Waals surface area contributed by atoms with Crippen LogP contribution in [0.1, 0.15) is 32.1 Å². The van der Waals surface area contributed by atoms with Crippen LogP contribution in [0.4, 0.5) is 10.3 Å². The van der Waals surface area contributed by atoms with E-state index in [2.05, 4.69) is 14.9 Å². The van der Waals surface area contributed by atoms with E-state index in [-0.39, 0.29) is 30.5 Å². The summed E-state index contributed by atoms with van der Waals surface area (Å²) in [6.45, 7) is 3.42. The lowest BCUT2D eigenvalue weighted by atomic mass is 9.76. The topological polar surface area (TPSA) is 125 Å². The van der Waals surface area contributed by atoms with Gasteiger partial charge in [0.2, 0.25) is 11.8 Å². The van der Waals surface area contributed by atoms with E-state index in [1.54, 1.807) is 0 Å². The Bertz CT molecular complexity index is 766. The van der Waals surface area contributed by atoms with E-state index in [0.717, 1.165) is 45.1 Å². The number of aliphatic hydroxyl groups excluding tert-OH is 1. The van der Waals surface area contributed by atoms with Gasteiger partial charge in [-0.1, -0.05) is 0 Å². The fourth-order valence-electron chi connectivity index (χ4n) is 4.51. The molecule has 3 aliphatic heterocycles. The number of anilines is 1. The highest BCUT2D eigenvalue weighted by Gasteiger charge is 2.51. The van der Waals surface area contributed by atoms with Gasteiger partial charge in [-0.25, -0.2) is 4.98 Å². The molecule has 1 aromatic rings. The first kappa shape index (κ1) is 23.1. The van der Waals surface area contributed by atoms with Crippen LogP contribution in [-0.2, 0) is 14.3 Å². The Balaban J connectivity index is 0.000000858. The van der Waals surface area contributed by atoms with Gasteiger partial charge >= 0.3 is 5.97 Å². The molecule has 4 rings (SSSR count). The van der Waals surface area contributed by atoms with Crippen molar-refractivity contribution >= 4 is 18.4 Å². The molecule has 10 nitrogen and oxygen atoms in total. The van der Waals surface area contributed by atoms with E-state index in [1.807, 2.05) is 4.90 Å². The zero-order chi connectivity index (χ0) is 22.4. The molecule has 2 N–H and O–H groups in total. The third-order valence-electron chi connectivity index (χ3n) is 6.24. The fourth-order valence-corrected chi connectivity index (χ4v) is 4.51. The van der Waals surface area contributed by atoms with Gasteiger partial charge in [0.05, 0.1) is 24.8 Å². The Morgan fingerprint density at radius 3 is 2.58 bits per heavy atom. The number of hydrogen-bond acceptors (Lipinski definition) is 9. The lowest BCUT2D eigenvalue weighted by Gasteiger charge is -2.36. The second kappa shape index (κ2) is 10.2. The van der Waals surface area contributed by atoms with Gasteiger partial charge in [0.1, 0.15) is 6.10 Å². The molecule has 4 heterocycles. The molecular formula is C20H29FN4O6.